The summed E-state index contributed by atoms with van der Waals surface area (Å²) < 4.78 is 4.76. The predicted octanol–water partition coefficient (Wildman–Crippen LogP) is 0.144. The van der Waals surface area contributed by atoms with Crippen molar-refractivity contribution in [2.75, 3.05) is 13.7 Å². The molecule has 0 radical (unpaired) electrons. The molecule has 0 saturated carbocycles. The molecule has 0 bridgehead atoms. The van der Waals surface area contributed by atoms with E-state index in [1.165, 1.54) is 0 Å². The highest BCUT2D eigenvalue weighted by atomic mass is 16.5. The highest BCUT2D eigenvalue weighted by Gasteiger charge is 2.10. The first-order valence-corrected chi connectivity index (χ1v) is 3.00. The average molecular weight is 131 g/mol. The molecule has 0 spiro atoms. The van der Waals surface area contributed by atoms with Crippen LogP contribution in [0, 0.1) is 5.92 Å². The summed E-state index contributed by atoms with van der Waals surface area (Å²) in [6.45, 7) is 2.35. The number of carbonyl (C=O) groups excluding carboxylic acids is 1. The molecule has 0 unspecified atom stereocenters. The SMILES string of the molecule is CC[C@H](COC)C(N)=O. The lowest BCUT2D eigenvalue weighted by atomic mass is 10.1. The predicted molar refractivity (Wildman–Crippen MR) is 34.9 cm³/mol. The van der Waals surface area contributed by atoms with Crippen molar-refractivity contribution in [2.45, 2.75) is 13.3 Å². The van der Waals surface area contributed by atoms with Gasteiger partial charge >= 0.3 is 0 Å². The molecule has 0 fully saturated rings. The second kappa shape index (κ2) is 4.32. The highest BCUT2D eigenvalue weighted by molar-refractivity contribution is 5.76. The minimum atomic E-state index is -0.278. The van der Waals surface area contributed by atoms with Crippen molar-refractivity contribution in [2.24, 2.45) is 11.7 Å². The zero-order chi connectivity index (χ0) is 7.28. The number of primary amides is 1. The molecule has 0 aromatic carbocycles. The van der Waals surface area contributed by atoms with Gasteiger partial charge < -0.3 is 10.5 Å². The molecule has 0 aromatic rings. The van der Waals surface area contributed by atoms with Gasteiger partial charge in [0.2, 0.25) is 5.91 Å². The maximum absolute atomic E-state index is 10.5. The molecule has 3 heteroatoms. The Kier molecular flexibility index (Phi) is 4.05. The highest BCUT2D eigenvalue weighted by Crippen LogP contribution is 1.99. The van der Waals surface area contributed by atoms with Crippen molar-refractivity contribution in [3.63, 3.8) is 0 Å². The molecular formula is C6H13NO2. The van der Waals surface area contributed by atoms with Crippen LogP contribution in [0.4, 0.5) is 0 Å². The number of methoxy groups -OCH3 is 1. The zero-order valence-corrected chi connectivity index (χ0v) is 5.89. The lowest BCUT2D eigenvalue weighted by molar-refractivity contribution is -0.123. The largest absolute Gasteiger partial charge is 0.384 e. The van der Waals surface area contributed by atoms with Crippen LogP contribution in [-0.4, -0.2) is 19.6 Å². The van der Waals surface area contributed by atoms with Crippen LogP contribution in [0.25, 0.3) is 0 Å². The van der Waals surface area contributed by atoms with Crippen LogP contribution in [0.5, 0.6) is 0 Å². The van der Waals surface area contributed by atoms with Crippen molar-refractivity contribution in [1.29, 1.82) is 0 Å². The molecule has 0 aliphatic carbocycles. The first-order valence-electron chi connectivity index (χ1n) is 3.00. The van der Waals surface area contributed by atoms with Gasteiger partial charge in [0.15, 0.2) is 0 Å². The fraction of sp³-hybridized carbons (Fsp3) is 0.833. The molecule has 1 amide bonds. The number of nitrogens with two attached hydrogens (primary N) is 1. The van der Waals surface area contributed by atoms with E-state index >= 15 is 0 Å². The monoisotopic (exact) mass is 131 g/mol. The maximum atomic E-state index is 10.5. The molecule has 3 nitrogen and oxygen atoms in total. The van der Waals surface area contributed by atoms with Crippen LogP contribution in [0.1, 0.15) is 13.3 Å². The van der Waals surface area contributed by atoms with E-state index in [-0.39, 0.29) is 11.8 Å². The molecule has 0 aliphatic rings. The first-order chi connectivity index (χ1) is 4.22. The summed E-state index contributed by atoms with van der Waals surface area (Å²) in [7, 11) is 1.56. The topological polar surface area (TPSA) is 52.3 Å². The lowest BCUT2D eigenvalue weighted by Crippen LogP contribution is -2.26. The summed E-state index contributed by atoms with van der Waals surface area (Å²) in [6, 6.07) is 0. The van der Waals surface area contributed by atoms with E-state index in [4.69, 9.17) is 10.5 Å². The van der Waals surface area contributed by atoms with Crippen LogP contribution in [0.15, 0.2) is 0 Å². The summed E-state index contributed by atoms with van der Waals surface area (Å²) in [4.78, 5) is 10.5. The van der Waals surface area contributed by atoms with Crippen LogP contribution >= 0.6 is 0 Å². The Morgan fingerprint density at radius 3 is 2.44 bits per heavy atom. The Labute approximate surface area is 55.2 Å². The Hall–Kier alpha value is -0.570. The van der Waals surface area contributed by atoms with E-state index in [0.717, 1.165) is 6.42 Å². The van der Waals surface area contributed by atoms with Crippen LogP contribution in [0.3, 0.4) is 0 Å². The van der Waals surface area contributed by atoms with Crippen LogP contribution in [-0.2, 0) is 9.53 Å². The van der Waals surface area contributed by atoms with Gasteiger partial charge in [0.25, 0.3) is 0 Å². The molecule has 0 aliphatic heterocycles. The second-order valence-electron chi connectivity index (χ2n) is 1.96. The van der Waals surface area contributed by atoms with Crippen molar-refractivity contribution in [3.05, 3.63) is 0 Å². The van der Waals surface area contributed by atoms with E-state index in [1.807, 2.05) is 6.92 Å². The number of hydrogen-bond donors (Lipinski definition) is 1. The third-order valence-electron chi connectivity index (χ3n) is 1.26. The normalized spacial score (nSPS) is 13.1. The summed E-state index contributed by atoms with van der Waals surface area (Å²) in [6.07, 6.45) is 0.753. The van der Waals surface area contributed by atoms with Crippen molar-refractivity contribution in [3.8, 4) is 0 Å². The van der Waals surface area contributed by atoms with Crippen molar-refractivity contribution >= 4 is 5.91 Å². The lowest BCUT2D eigenvalue weighted by Gasteiger charge is -2.07. The Morgan fingerprint density at radius 1 is 1.78 bits per heavy atom. The molecule has 0 rings (SSSR count). The number of amides is 1. The second-order valence-corrected chi connectivity index (χ2v) is 1.96. The van der Waals surface area contributed by atoms with Gasteiger partial charge in [-0.15, -0.1) is 0 Å². The van der Waals surface area contributed by atoms with Crippen molar-refractivity contribution in [1.82, 2.24) is 0 Å². The Balaban J connectivity index is 3.54. The van der Waals surface area contributed by atoms with E-state index in [9.17, 15) is 4.79 Å². The summed E-state index contributed by atoms with van der Waals surface area (Å²) in [5, 5.41) is 0. The van der Waals surface area contributed by atoms with Crippen LogP contribution in [0.2, 0.25) is 0 Å². The molecule has 0 aromatic heterocycles. The van der Waals surface area contributed by atoms with Crippen molar-refractivity contribution < 1.29 is 9.53 Å². The Bertz CT molecular complexity index is 93.1. The van der Waals surface area contributed by atoms with Gasteiger partial charge in [-0.2, -0.15) is 0 Å². The molecular weight excluding hydrogens is 118 g/mol. The summed E-state index contributed by atoms with van der Waals surface area (Å²) in [5.74, 6) is -0.394. The number of ether oxygens (including phenoxy) is 1. The summed E-state index contributed by atoms with van der Waals surface area (Å²) >= 11 is 0. The molecule has 1 atom stereocenters. The van der Waals surface area contributed by atoms with Gasteiger partial charge in [0.1, 0.15) is 0 Å². The minimum Gasteiger partial charge on any atom is -0.384 e. The molecule has 0 heterocycles. The van der Waals surface area contributed by atoms with Gasteiger partial charge in [-0.25, -0.2) is 0 Å². The third kappa shape index (κ3) is 3.08. The van der Waals surface area contributed by atoms with Gasteiger partial charge in [-0.1, -0.05) is 6.92 Å². The molecule has 54 valence electrons. The molecule has 0 saturated heterocycles. The average Bonchev–Trinajstić information content (AvgIpc) is 1.82. The first kappa shape index (κ1) is 8.43. The maximum Gasteiger partial charge on any atom is 0.222 e. The van der Waals surface area contributed by atoms with Gasteiger partial charge in [0.05, 0.1) is 12.5 Å². The summed E-state index contributed by atoms with van der Waals surface area (Å²) in [5.41, 5.74) is 5.01. The van der Waals surface area contributed by atoms with E-state index in [1.54, 1.807) is 7.11 Å². The molecule has 2 N–H and O–H groups in total. The van der Waals surface area contributed by atoms with E-state index in [2.05, 4.69) is 0 Å². The number of hydrogen-bond acceptors (Lipinski definition) is 2. The van der Waals surface area contributed by atoms with Gasteiger partial charge in [-0.3, -0.25) is 4.79 Å². The quantitative estimate of drug-likeness (QED) is 0.590. The minimum absolute atomic E-state index is 0.116. The van der Waals surface area contributed by atoms with E-state index < -0.39 is 0 Å². The fourth-order valence-electron chi connectivity index (χ4n) is 0.602. The fourth-order valence-corrected chi connectivity index (χ4v) is 0.602. The smallest absolute Gasteiger partial charge is 0.222 e. The third-order valence-corrected chi connectivity index (χ3v) is 1.26. The molecule has 9 heavy (non-hydrogen) atoms. The standard InChI is InChI=1S/C6H13NO2/c1-3-5(4-9-2)6(7)8/h5H,3-4H2,1-2H3,(H2,7,8)/t5-/m1/s1. The van der Waals surface area contributed by atoms with Gasteiger partial charge in [-0.05, 0) is 6.42 Å². The number of rotatable bonds is 4. The van der Waals surface area contributed by atoms with Crippen LogP contribution < -0.4 is 5.73 Å². The number of carbonyl (C=O) groups is 1. The van der Waals surface area contributed by atoms with E-state index in [0.29, 0.717) is 6.61 Å². The van der Waals surface area contributed by atoms with Gasteiger partial charge in [0, 0.05) is 7.11 Å². The Morgan fingerprint density at radius 2 is 2.33 bits per heavy atom. The zero-order valence-electron chi connectivity index (χ0n) is 5.89.